The number of hydrogen-bond acceptors (Lipinski definition) is 4. The van der Waals surface area contributed by atoms with Gasteiger partial charge in [-0.05, 0) is 38.1 Å². The van der Waals surface area contributed by atoms with Gasteiger partial charge in [-0.1, -0.05) is 6.58 Å². The second-order valence-corrected chi connectivity index (χ2v) is 6.83. The molecule has 1 N–H and O–H groups in total. The lowest BCUT2D eigenvalue weighted by Crippen LogP contribution is -2.20. The van der Waals surface area contributed by atoms with Crippen LogP contribution in [0.5, 0.6) is 5.75 Å². The molecule has 3 aromatic rings. The first-order chi connectivity index (χ1) is 13.7. The molecule has 1 aliphatic rings. The topological polar surface area (TPSA) is 59.0 Å². The number of nitrogens with zero attached hydrogens (tertiary/aromatic N) is 4. The summed E-state index contributed by atoms with van der Waals surface area (Å²) >= 11 is 0. The molecule has 0 saturated heterocycles. The molecule has 1 aliphatic heterocycles. The number of fused-ring (bicyclic) bond motifs is 1. The molecule has 0 aliphatic carbocycles. The zero-order chi connectivity index (χ0) is 20.8. The maximum Gasteiger partial charge on any atom is 0.573 e. The number of aromatic amines is 1. The summed E-state index contributed by atoms with van der Waals surface area (Å²) in [6.45, 7) is 8.17. The number of H-pyrrole nitrogens is 1. The lowest BCUT2D eigenvalue weighted by Gasteiger charge is -2.28. The van der Waals surface area contributed by atoms with Crippen molar-refractivity contribution >= 4 is 17.0 Å². The lowest BCUT2D eigenvalue weighted by atomic mass is 10.0. The first-order valence-electron chi connectivity index (χ1n) is 8.87. The van der Waals surface area contributed by atoms with Crippen LogP contribution in [0.3, 0.4) is 0 Å². The summed E-state index contributed by atoms with van der Waals surface area (Å²) in [6.07, 6.45) is 2.40. The summed E-state index contributed by atoms with van der Waals surface area (Å²) in [7, 11) is 0. The van der Waals surface area contributed by atoms with Crippen LogP contribution in [0.25, 0.3) is 11.3 Å². The van der Waals surface area contributed by atoms with E-state index in [0.29, 0.717) is 11.4 Å². The Morgan fingerprint density at radius 3 is 2.52 bits per heavy atom. The van der Waals surface area contributed by atoms with E-state index in [4.69, 9.17) is 0 Å². The normalized spacial score (nSPS) is 14.2. The van der Waals surface area contributed by atoms with Gasteiger partial charge in [0, 0.05) is 35.3 Å². The Bertz CT molecular complexity index is 1080. The van der Waals surface area contributed by atoms with Crippen molar-refractivity contribution < 1.29 is 17.9 Å². The summed E-state index contributed by atoms with van der Waals surface area (Å²) in [4.78, 5) is 9.28. The number of anilines is 1. The number of rotatable bonds is 4. The van der Waals surface area contributed by atoms with Crippen molar-refractivity contribution in [1.29, 1.82) is 0 Å². The third-order valence-corrected chi connectivity index (χ3v) is 4.52. The van der Waals surface area contributed by atoms with Crippen molar-refractivity contribution in [3.63, 3.8) is 0 Å². The number of benzene rings is 1. The van der Waals surface area contributed by atoms with Crippen LogP contribution < -0.4 is 9.64 Å². The standard InChI is InChI=1S/C20H18F3N5O/c1-12(2)28-9-14(8-26-28)17-10-27(13(3)18-19(17)25-11-24-18)15-4-6-16(7-5-15)29-20(21,22)23/h4-12H,3H2,1-2H3,(H,24,25). The summed E-state index contributed by atoms with van der Waals surface area (Å²) in [5, 5.41) is 4.38. The van der Waals surface area contributed by atoms with Gasteiger partial charge in [-0.25, -0.2) is 4.98 Å². The summed E-state index contributed by atoms with van der Waals surface area (Å²) in [5.41, 5.74) is 4.44. The van der Waals surface area contributed by atoms with E-state index in [9.17, 15) is 13.2 Å². The minimum absolute atomic E-state index is 0.207. The second kappa shape index (κ2) is 6.84. The summed E-state index contributed by atoms with van der Waals surface area (Å²) < 4.78 is 43.0. The van der Waals surface area contributed by atoms with Crippen molar-refractivity contribution in [2.75, 3.05) is 4.90 Å². The van der Waals surface area contributed by atoms with E-state index in [1.165, 1.54) is 12.1 Å². The van der Waals surface area contributed by atoms with E-state index in [1.807, 2.05) is 30.9 Å². The van der Waals surface area contributed by atoms with Gasteiger partial charge in [-0.2, -0.15) is 5.10 Å². The Kier molecular flexibility index (Phi) is 4.45. The smallest absolute Gasteiger partial charge is 0.406 e. The lowest BCUT2D eigenvalue weighted by molar-refractivity contribution is -0.274. The second-order valence-electron chi connectivity index (χ2n) is 6.83. The Balaban J connectivity index is 1.72. The van der Waals surface area contributed by atoms with Crippen molar-refractivity contribution in [3.05, 3.63) is 72.7 Å². The highest BCUT2D eigenvalue weighted by atomic mass is 19.4. The quantitative estimate of drug-likeness (QED) is 0.671. The van der Waals surface area contributed by atoms with Crippen molar-refractivity contribution in [2.24, 2.45) is 0 Å². The van der Waals surface area contributed by atoms with Gasteiger partial charge >= 0.3 is 6.36 Å². The maximum atomic E-state index is 12.4. The minimum atomic E-state index is -4.73. The number of nitrogens with one attached hydrogen (secondary N) is 1. The van der Waals surface area contributed by atoms with E-state index >= 15 is 0 Å². The zero-order valence-corrected chi connectivity index (χ0v) is 15.7. The number of ether oxygens (including phenoxy) is 1. The van der Waals surface area contributed by atoms with E-state index in [1.54, 1.807) is 29.6 Å². The number of aromatic nitrogens is 4. The van der Waals surface area contributed by atoms with Crippen LogP contribution >= 0.6 is 0 Å². The fraction of sp³-hybridized carbons (Fsp3) is 0.200. The Morgan fingerprint density at radius 1 is 1.17 bits per heavy atom. The number of hydrogen-bond donors (Lipinski definition) is 1. The van der Waals surface area contributed by atoms with E-state index < -0.39 is 6.36 Å². The molecule has 4 rings (SSSR count). The third kappa shape index (κ3) is 3.63. The first-order valence-corrected chi connectivity index (χ1v) is 8.87. The molecule has 0 amide bonds. The largest absolute Gasteiger partial charge is 0.573 e. The van der Waals surface area contributed by atoms with E-state index in [0.717, 1.165) is 22.5 Å². The van der Waals surface area contributed by atoms with Crippen LogP contribution in [-0.4, -0.2) is 26.1 Å². The molecule has 3 heterocycles. The molecule has 0 saturated carbocycles. The molecule has 0 atom stereocenters. The van der Waals surface area contributed by atoms with E-state index in [2.05, 4.69) is 26.4 Å². The minimum Gasteiger partial charge on any atom is -0.406 e. The summed E-state index contributed by atoms with van der Waals surface area (Å²) in [5.74, 6) is -0.284. The van der Waals surface area contributed by atoms with Gasteiger partial charge in [0.2, 0.25) is 0 Å². The van der Waals surface area contributed by atoms with Gasteiger partial charge in [-0.3, -0.25) is 4.68 Å². The van der Waals surface area contributed by atoms with Crippen LogP contribution in [0.4, 0.5) is 18.9 Å². The van der Waals surface area contributed by atoms with Crippen molar-refractivity contribution in [3.8, 4) is 5.75 Å². The molecule has 9 heteroatoms. The molecule has 150 valence electrons. The molecule has 0 radical (unpaired) electrons. The monoisotopic (exact) mass is 401 g/mol. The predicted molar refractivity (Wildman–Crippen MR) is 103 cm³/mol. The van der Waals surface area contributed by atoms with Gasteiger partial charge in [0.05, 0.1) is 29.6 Å². The van der Waals surface area contributed by atoms with Crippen molar-refractivity contribution in [1.82, 2.24) is 19.7 Å². The molecular weight excluding hydrogens is 383 g/mol. The maximum absolute atomic E-state index is 12.4. The third-order valence-electron chi connectivity index (χ3n) is 4.52. The first kappa shape index (κ1) is 18.9. The van der Waals surface area contributed by atoms with Crippen molar-refractivity contribution in [2.45, 2.75) is 26.3 Å². The van der Waals surface area contributed by atoms with Crippen LogP contribution in [0.2, 0.25) is 0 Å². The van der Waals surface area contributed by atoms with Gasteiger partial charge < -0.3 is 14.6 Å². The molecule has 1 aromatic carbocycles. The molecule has 0 unspecified atom stereocenters. The molecular formula is C20H18F3N5O. The number of imidazole rings is 1. The Hall–Kier alpha value is -3.49. The van der Waals surface area contributed by atoms with Crippen LogP contribution in [-0.2, 0) is 0 Å². The fourth-order valence-corrected chi connectivity index (χ4v) is 3.12. The van der Waals surface area contributed by atoms with E-state index in [-0.39, 0.29) is 11.8 Å². The molecule has 6 nitrogen and oxygen atoms in total. The average molecular weight is 401 g/mol. The van der Waals surface area contributed by atoms with Gasteiger partial charge in [0.1, 0.15) is 5.75 Å². The molecule has 0 spiro atoms. The molecule has 2 aromatic heterocycles. The SMILES string of the molecule is C=C1c2[nH]cnc2C(c2cnn(C(C)C)c2)=CN1c1ccc(OC(F)(F)F)cc1. The van der Waals surface area contributed by atoms with Crippen LogP contribution in [0, 0.1) is 0 Å². The van der Waals surface area contributed by atoms with Gasteiger partial charge in [0.15, 0.2) is 0 Å². The highest BCUT2D eigenvalue weighted by molar-refractivity contribution is 5.94. The average Bonchev–Trinajstić information content (AvgIpc) is 3.32. The van der Waals surface area contributed by atoms with Crippen LogP contribution in [0.1, 0.15) is 36.8 Å². The number of halogens is 3. The molecule has 0 bridgehead atoms. The van der Waals surface area contributed by atoms with Gasteiger partial charge in [-0.15, -0.1) is 13.2 Å². The highest BCUT2D eigenvalue weighted by Crippen LogP contribution is 2.38. The zero-order valence-electron chi connectivity index (χ0n) is 15.7. The van der Waals surface area contributed by atoms with Gasteiger partial charge in [0.25, 0.3) is 0 Å². The Labute approximate surface area is 164 Å². The Morgan fingerprint density at radius 2 is 1.90 bits per heavy atom. The molecule has 0 fully saturated rings. The number of alkyl halides is 3. The summed E-state index contributed by atoms with van der Waals surface area (Å²) in [6, 6.07) is 5.82. The fourth-order valence-electron chi connectivity index (χ4n) is 3.12. The molecule has 29 heavy (non-hydrogen) atoms. The highest BCUT2D eigenvalue weighted by Gasteiger charge is 2.31. The predicted octanol–water partition coefficient (Wildman–Crippen LogP) is 4.97. The van der Waals surface area contributed by atoms with Crippen LogP contribution in [0.15, 0.2) is 55.8 Å².